The number of hydroxylamine groups is 1. The topological polar surface area (TPSA) is 376 Å². The Kier molecular flexibility index (Phi) is 12.1. The van der Waals surface area contributed by atoms with Gasteiger partial charge in [0.1, 0.15) is 59.0 Å². The van der Waals surface area contributed by atoms with E-state index in [1.165, 1.54) is 35.4 Å². The molecule has 2 amide bonds. The molecule has 0 radical (unpaired) electrons. The number of fused-ring (bicyclic) bond motifs is 2. The molecule has 2 aliphatic rings. The van der Waals surface area contributed by atoms with Gasteiger partial charge in [0.15, 0.2) is 31.2 Å². The fourth-order valence-corrected chi connectivity index (χ4v) is 8.80. The Labute approximate surface area is 322 Å². The summed E-state index contributed by atoms with van der Waals surface area (Å²) in [7, 11) is -8.55. The molecule has 2 aliphatic heterocycles. The second kappa shape index (κ2) is 16.2. The largest absolute Gasteiger partial charge is 0.387 e. The zero-order valence-corrected chi connectivity index (χ0v) is 32.5. The smallest absolute Gasteiger partial charge is 0.351 e. The maximum atomic E-state index is 14.0. The molecule has 6 heterocycles. The van der Waals surface area contributed by atoms with Gasteiger partial charge in [-0.15, -0.1) is 0 Å². The highest BCUT2D eigenvalue weighted by Gasteiger charge is 2.50. The Morgan fingerprint density at radius 3 is 1.93 bits per heavy atom. The number of anilines is 2. The fourth-order valence-electron chi connectivity index (χ4n) is 6.65. The van der Waals surface area contributed by atoms with Crippen LogP contribution in [-0.2, 0) is 37.2 Å². The van der Waals surface area contributed by atoms with Crippen molar-refractivity contribution >= 4 is 60.7 Å². The minimum atomic E-state index is -4.78. The maximum absolute atomic E-state index is 14.0. The Morgan fingerprint density at radius 1 is 0.842 bits per heavy atom. The van der Waals surface area contributed by atoms with E-state index in [1.54, 1.807) is 13.8 Å². The van der Waals surface area contributed by atoms with Crippen molar-refractivity contribution < 1.29 is 71.9 Å². The lowest BCUT2D eigenvalue weighted by molar-refractivity contribution is -0.167. The summed E-state index contributed by atoms with van der Waals surface area (Å²) >= 11 is 0. The van der Waals surface area contributed by atoms with E-state index in [1.807, 2.05) is 0 Å². The number of carbonyl (C=O) groups is 2. The van der Waals surface area contributed by atoms with E-state index < -0.39 is 88.8 Å². The number of primary amides is 1. The van der Waals surface area contributed by atoms with Gasteiger partial charge in [0.05, 0.1) is 41.3 Å². The minimum absolute atomic E-state index is 0.0144. The number of carbonyl (C=O) groups excluding carboxylic acids is 2. The summed E-state index contributed by atoms with van der Waals surface area (Å²) in [4.78, 5) is 67.8. The molecule has 2 saturated heterocycles. The summed E-state index contributed by atoms with van der Waals surface area (Å²) in [6.45, 7) is 6.31. The molecule has 4 aromatic rings. The molecule has 0 bridgehead atoms. The van der Waals surface area contributed by atoms with E-state index in [9.17, 15) is 43.8 Å². The zero-order chi connectivity index (χ0) is 41.7. The average Bonchev–Trinajstić information content (AvgIpc) is 3.84. The Balaban J connectivity index is 1.34. The number of rotatable bonds is 15. The van der Waals surface area contributed by atoms with Gasteiger partial charge in [-0.25, -0.2) is 25.4 Å². The number of nitrogen functional groups attached to an aromatic ring is 2. The number of aromatic nitrogens is 6. The predicted molar refractivity (Wildman–Crippen MR) is 194 cm³/mol. The maximum Gasteiger partial charge on any atom is 0.351 e. The minimum Gasteiger partial charge on any atom is -0.387 e. The van der Waals surface area contributed by atoms with E-state index in [-0.39, 0.29) is 69.7 Å². The highest BCUT2D eigenvalue weighted by atomic mass is 31.2. The number of nitrogens with two attached hydrogens (primary N) is 3. The van der Waals surface area contributed by atoms with Crippen molar-refractivity contribution in [2.75, 3.05) is 37.2 Å². The van der Waals surface area contributed by atoms with Gasteiger partial charge in [0, 0.05) is 12.4 Å². The van der Waals surface area contributed by atoms with E-state index in [4.69, 9.17) is 45.3 Å². The second-order valence-electron chi connectivity index (χ2n) is 13.0. The first-order chi connectivity index (χ1) is 26.8. The van der Waals surface area contributed by atoms with Gasteiger partial charge in [-0.2, -0.15) is 0 Å². The molecule has 0 saturated carbocycles. The summed E-state index contributed by atoms with van der Waals surface area (Å²) in [5.41, 5.74) is 19.7. The Bertz CT molecular complexity index is 2270. The number of ether oxygens (including phenoxy) is 3. The summed E-state index contributed by atoms with van der Waals surface area (Å²) < 4.78 is 55.0. The number of amides is 2. The summed E-state index contributed by atoms with van der Waals surface area (Å²) in [5.74, 6) is -1.94. The standard InChI is InChI=1S/C30H42N10O15P2/c1-5-51-57(49,52-6-2)9-15-18(41)19(42)28(53-15)39-8-14(17-23(32)35-12(4)37-26(17)39)27(45)38-55-21-20(43)30(50-10-56(46,47)48)54-29(21)40-7-13(24(33)44)16-22(31)34-11(3)36-25(16)40/h7-8,15,18-21,28-30,41-43H,5-6,9-10H2,1-4H3,(H2,33,44)(H,38,45)(H2,31,34,36)(H2,32,35,37)(H2,46,47,48)/t15?,18-,19-,20+,21-,28-,29-,30+/m1/s1. The number of hydrogen-bond donors (Lipinski definition) is 9. The second-order valence-corrected chi connectivity index (χ2v) is 16.7. The van der Waals surface area contributed by atoms with Crippen molar-refractivity contribution in [3.05, 3.63) is 35.2 Å². The highest BCUT2D eigenvalue weighted by molar-refractivity contribution is 7.53. The van der Waals surface area contributed by atoms with Gasteiger partial charge in [0.2, 0.25) is 0 Å². The summed E-state index contributed by atoms with van der Waals surface area (Å²) in [6.07, 6.45) is -11.9. The van der Waals surface area contributed by atoms with Crippen LogP contribution in [0.15, 0.2) is 12.4 Å². The molecular formula is C30H42N10O15P2. The number of nitrogens with zero attached hydrogens (tertiary/aromatic N) is 6. The van der Waals surface area contributed by atoms with Crippen LogP contribution in [0.2, 0.25) is 0 Å². The van der Waals surface area contributed by atoms with E-state index in [0.29, 0.717) is 0 Å². The molecule has 4 aromatic heterocycles. The third kappa shape index (κ3) is 8.38. The molecule has 6 rings (SSSR count). The van der Waals surface area contributed by atoms with Crippen molar-refractivity contribution in [3.8, 4) is 0 Å². The zero-order valence-electron chi connectivity index (χ0n) is 30.7. The summed E-state index contributed by atoms with van der Waals surface area (Å²) in [5, 5.41) is 33.4. The van der Waals surface area contributed by atoms with Gasteiger partial charge >= 0.3 is 15.2 Å². The van der Waals surface area contributed by atoms with Gasteiger partial charge in [-0.05, 0) is 27.7 Å². The Morgan fingerprint density at radius 2 is 1.39 bits per heavy atom. The fraction of sp³-hybridized carbons (Fsp3) is 0.533. The molecular weight excluding hydrogens is 802 g/mol. The van der Waals surface area contributed by atoms with Crippen molar-refractivity contribution in [2.45, 2.75) is 77.0 Å². The van der Waals surface area contributed by atoms with Crippen molar-refractivity contribution in [3.63, 3.8) is 0 Å². The number of aryl methyl sites for hydroxylation is 2. The van der Waals surface area contributed by atoms with Gasteiger partial charge in [-0.3, -0.25) is 23.6 Å². The van der Waals surface area contributed by atoms with Crippen LogP contribution < -0.4 is 22.7 Å². The lowest BCUT2D eigenvalue weighted by Gasteiger charge is -2.22. The third-order valence-electron chi connectivity index (χ3n) is 8.94. The summed E-state index contributed by atoms with van der Waals surface area (Å²) in [6, 6.07) is 0. The highest BCUT2D eigenvalue weighted by Crippen LogP contribution is 2.51. The molecule has 8 atom stereocenters. The molecule has 27 heteroatoms. The first kappa shape index (κ1) is 42.4. The molecule has 0 aromatic carbocycles. The van der Waals surface area contributed by atoms with Gasteiger partial charge < -0.3 is 74.7 Å². The van der Waals surface area contributed by atoms with Crippen LogP contribution in [0.5, 0.6) is 0 Å². The number of aliphatic hydroxyl groups is 3. The van der Waals surface area contributed by atoms with Gasteiger partial charge in [-0.1, -0.05) is 0 Å². The van der Waals surface area contributed by atoms with Crippen LogP contribution in [0.25, 0.3) is 22.1 Å². The van der Waals surface area contributed by atoms with Crippen LogP contribution >= 0.6 is 15.2 Å². The molecule has 1 unspecified atom stereocenters. The SMILES string of the molecule is CCOP(=O)(CC1O[C@@H](n2cc(C(=O)NO[C@@H]3[C@H](O)[C@@H](OCP(=O)(O)O)O[C@H]3n3cc(C(N)=O)c4c(N)nc(C)nc43)c3c(N)nc(C)nc32)[C@H](O)[C@@H]1O)OCC. The molecule has 12 N–H and O–H groups in total. The molecule has 312 valence electrons. The molecule has 25 nitrogen and oxygen atoms in total. The quantitative estimate of drug-likeness (QED) is 0.0514. The molecule has 2 fully saturated rings. The van der Waals surface area contributed by atoms with E-state index >= 15 is 0 Å². The normalized spacial score (nSPS) is 25.5. The lowest BCUT2D eigenvalue weighted by atomic mass is 10.1. The molecule has 0 aliphatic carbocycles. The first-order valence-electron chi connectivity index (χ1n) is 17.2. The third-order valence-corrected chi connectivity index (χ3v) is 11.5. The van der Waals surface area contributed by atoms with Crippen molar-refractivity contribution in [1.82, 2.24) is 34.6 Å². The van der Waals surface area contributed by atoms with Crippen LogP contribution in [0.1, 0.15) is 58.7 Å². The molecule has 0 spiro atoms. The molecule has 57 heavy (non-hydrogen) atoms. The van der Waals surface area contributed by atoms with Crippen molar-refractivity contribution in [2.24, 2.45) is 5.73 Å². The van der Waals surface area contributed by atoms with Crippen LogP contribution in [0, 0.1) is 13.8 Å². The van der Waals surface area contributed by atoms with Crippen LogP contribution in [-0.4, -0.2) is 129 Å². The lowest BCUT2D eigenvalue weighted by Crippen LogP contribution is -2.40. The Hall–Kier alpha value is -4.20. The predicted octanol–water partition coefficient (Wildman–Crippen LogP) is -0.961. The van der Waals surface area contributed by atoms with Crippen LogP contribution in [0.3, 0.4) is 0 Å². The average molecular weight is 845 g/mol. The monoisotopic (exact) mass is 844 g/mol. The number of aliphatic hydroxyl groups excluding tert-OH is 3. The van der Waals surface area contributed by atoms with E-state index in [2.05, 4.69) is 25.4 Å². The number of nitrogens with one attached hydrogen (secondary N) is 1. The van der Waals surface area contributed by atoms with Gasteiger partial charge in [0.25, 0.3) is 11.8 Å². The van der Waals surface area contributed by atoms with E-state index in [0.717, 1.165) is 0 Å². The number of hydrogen-bond acceptors (Lipinski definition) is 19. The first-order valence-corrected chi connectivity index (χ1v) is 20.7. The van der Waals surface area contributed by atoms with Crippen molar-refractivity contribution in [1.29, 1.82) is 0 Å². The van der Waals surface area contributed by atoms with Crippen LogP contribution in [0.4, 0.5) is 11.6 Å².